The summed E-state index contributed by atoms with van der Waals surface area (Å²) in [6, 6.07) is 6.02. The van der Waals surface area contributed by atoms with Crippen LogP contribution in [0.4, 0.5) is 11.6 Å². The highest BCUT2D eigenvalue weighted by Gasteiger charge is 2.26. The molecule has 0 radical (unpaired) electrons. The van der Waals surface area contributed by atoms with Crippen LogP contribution in [0.5, 0.6) is 0 Å². The van der Waals surface area contributed by atoms with Gasteiger partial charge < -0.3 is 9.80 Å². The molecule has 1 aliphatic rings. The van der Waals surface area contributed by atoms with E-state index in [1.165, 1.54) is 0 Å². The van der Waals surface area contributed by atoms with Gasteiger partial charge in [0.05, 0.1) is 5.02 Å². The van der Waals surface area contributed by atoms with Crippen LogP contribution >= 0.6 is 11.6 Å². The molecular formula is C14H16ClN5. The van der Waals surface area contributed by atoms with Crippen LogP contribution in [-0.4, -0.2) is 40.6 Å². The average Bonchev–Trinajstić information content (AvgIpc) is 2.48. The van der Waals surface area contributed by atoms with Crippen molar-refractivity contribution in [3.05, 3.63) is 41.9 Å². The van der Waals surface area contributed by atoms with Crippen LogP contribution in [0.1, 0.15) is 6.92 Å². The van der Waals surface area contributed by atoms with E-state index in [2.05, 4.69) is 31.7 Å². The van der Waals surface area contributed by atoms with Gasteiger partial charge >= 0.3 is 0 Å². The van der Waals surface area contributed by atoms with Crippen molar-refractivity contribution in [2.75, 3.05) is 29.4 Å². The summed E-state index contributed by atoms with van der Waals surface area (Å²) in [4.78, 5) is 17.2. The lowest BCUT2D eigenvalue weighted by atomic mass is 10.2. The van der Waals surface area contributed by atoms with Crippen molar-refractivity contribution in [3.63, 3.8) is 0 Å². The van der Waals surface area contributed by atoms with Crippen LogP contribution in [0.25, 0.3) is 0 Å². The Labute approximate surface area is 123 Å². The second kappa shape index (κ2) is 5.63. The molecule has 0 bridgehead atoms. The zero-order valence-electron chi connectivity index (χ0n) is 11.3. The second-order valence-corrected chi connectivity index (χ2v) is 5.27. The highest BCUT2D eigenvalue weighted by atomic mass is 35.5. The molecule has 3 heterocycles. The first-order chi connectivity index (χ1) is 9.75. The van der Waals surface area contributed by atoms with E-state index in [0.717, 1.165) is 31.3 Å². The first-order valence-corrected chi connectivity index (χ1v) is 7.01. The van der Waals surface area contributed by atoms with E-state index >= 15 is 0 Å². The minimum absolute atomic E-state index is 0.344. The SMILES string of the molecule is CC1CN(c2ncccc2Cl)CCN1c1ccncn1. The van der Waals surface area contributed by atoms with Crippen LogP contribution < -0.4 is 9.80 Å². The summed E-state index contributed by atoms with van der Waals surface area (Å²) in [6.45, 7) is 4.84. The van der Waals surface area contributed by atoms with Gasteiger partial charge in [-0.2, -0.15) is 0 Å². The zero-order chi connectivity index (χ0) is 13.9. The van der Waals surface area contributed by atoms with E-state index in [0.29, 0.717) is 11.1 Å². The van der Waals surface area contributed by atoms with Crippen molar-refractivity contribution in [1.29, 1.82) is 0 Å². The fourth-order valence-corrected chi connectivity index (χ4v) is 2.80. The molecule has 2 aromatic heterocycles. The predicted molar refractivity (Wildman–Crippen MR) is 80.3 cm³/mol. The number of halogens is 1. The van der Waals surface area contributed by atoms with Crippen molar-refractivity contribution >= 4 is 23.2 Å². The highest BCUT2D eigenvalue weighted by molar-refractivity contribution is 6.32. The molecular weight excluding hydrogens is 274 g/mol. The average molecular weight is 290 g/mol. The number of rotatable bonds is 2. The first kappa shape index (κ1) is 13.1. The molecule has 0 spiro atoms. The number of hydrogen-bond acceptors (Lipinski definition) is 5. The van der Waals surface area contributed by atoms with Crippen molar-refractivity contribution in [3.8, 4) is 0 Å². The quantitative estimate of drug-likeness (QED) is 0.848. The molecule has 0 amide bonds. The van der Waals surface area contributed by atoms with Crippen molar-refractivity contribution in [1.82, 2.24) is 15.0 Å². The second-order valence-electron chi connectivity index (χ2n) is 4.86. The molecule has 1 aliphatic heterocycles. The third-order valence-electron chi connectivity index (χ3n) is 3.53. The molecule has 0 saturated carbocycles. The smallest absolute Gasteiger partial charge is 0.147 e. The van der Waals surface area contributed by atoms with Crippen molar-refractivity contribution in [2.45, 2.75) is 13.0 Å². The van der Waals surface area contributed by atoms with Gasteiger partial charge in [-0.3, -0.25) is 0 Å². The fraction of sp³-hybridized carbons (Fsp3) is 0.357. The Morgan fingerprint density at radius 1 is 1.20 bits per heavy atom. The van der Waals surface area contributed by atoms with Crippen LogP contribution in [0.15, 0.2) is 36.9 Å². The van der Waals surface area contributed by atoms with Crippen LogP contribution in [0.3, 0.4) is 0 Å². The number of nitrogens with zero attached hydrogens (tertiary/aromatic N) is 5. The summed E-state index contributed by atoms with van der Waals surface area (Å²) in [6.07, 6.45) is 5.14. The van der Waals surface area contributed by atoms with E-state index in [9.17, 15) is 0 Å². The third-order valence-corrected chi connectivity index (χ3v) is 3.82. The van der Waals surface area contributed by atoms with E-state index in [1.54, 1.807) is 18.7 Å². The van der Waals surface area contributed by atoms with E-state index in [1.807, 2.05) is 18.2 Å². The Bertz CT molecular complexity index is 577. The Kier molecular flexibility index (Phi) is 3.69. The molecule has 20 heavy (non-hydrogen) atoms. The van der Waals surface area contributed by atoms with Crippen molar-refractivity contribution < 1.29 is 0 Å². The maximum Gasteiger partial charge on any atom is 0.147 e. The Balaban J connectivity index is 1.76. The molecule has 1 unspecified atom stereocenters. The lowest BCUT2D eigenvalue weighted by molar-refractivity contribution is 0.542. The largest absolute Gasteiger partial charge is 0.352 e. The summed E-state index contributed by atoms with van der Waals surface area (Å²) in [5, 5.41) is 0.704. The molecule has 0 aromatic carbocycles. The number of pyridine rings is 1. The Morgan fingerprint density at radius 2 is 2.10 bits per heavy atom. The lowest BCUT2D eigenvalue weighted by Gasteiger charge is -2.41. The monoisotopic (exact) mass is 289 g/mol. The van der Waals surface area contributed by atoms with E-state index < -0.39 is 0 Å². The van der Waals surface area contributed by atoms with Gasteiger partial charge in [-0.15, -0.1) is 0 Å². The predicted octanol–water partition coefficient (Wildman–Crippen LogP) is 2.24. The number of anilines is 2. The topological polar surface area (TPSA) is 45.2 Å². The van der Waals surface area contributed by atoms with Gasteiger partial charge in [0, 0.05) is 38.1 Å². The van der Waals surface area contributed by atoms with E-state index in [4.69, 9.17) is 11.6 Å². The third kappa shape index (κ3) is 2.54. The van der Waals surface area contributed by atoms with Gasteiger partial charge in [0.1, 0.15) is 18.0 Å². The molecule has 1 fully saturated rings. The molecule has 6 heteroatoms. The Morgan fingerprint density at radius 3 is 2.80 bits per heavy atom. The Hall–Kier alpha value is -1.88. The summed E-state index contributed by atoms with van der Waals surface area (Å²) < 4.78 is 0. The summed E-state index contributed by atoms with van der Waals surface area (Å²) in [5.74, 6) is 1.84. The summed E-state index contributed by atoms with van der Waals surface area (Å²) >= 11 is 6.22. The first-order valence-electron chi connectivity index (χ1n) is 6.64. The van der Waals surface area contributed by atoms with Gasteiger partial charge in [0.25, 0.3) is 0 Å². The molecule has 0 N–H and O–H groups in total. The number of piperazine rings is 1. The normalized spacial score (nSPS) is 19.2. The molecule has 2 aromatic rings. The van der Waals surface area contributed by atoms with Gasteiger partial charge in [-0.25, -0.2) is 15.0 Å². The molecule has 1 saturated heterocycles. The van der Waals surface area contributed by atoms with Gasteiger partial charge in [-0.1, -0.05) is 11.6 Å². The molecule has 0 aliphatic carbocycles. The molecule has 5 nitrogen and oxygen atoms in total. The lowest BCUT2D eigenvalue weighted by Crippen LogP contribution is -2.52. The molecule has 1 atom stereocenters. The van der Waals surface area contributed by atoms with E-state index in [-0.39, 0.29) is 0 Å². The minimum Gasteiger partial charge on any atom is -0.352 e. The van der Waals surface area contributed by atoms with Crippen LogP contribution in [0.2, 0.25) is 5.02 Å². The number of aromatic nitrogens is 3. The van der Waals surface area contributed by atoms with Gasteiger partial charge in [0.15, 0.2) is 0 Å². The summed E-state index contributed by atoms with van der Waals surface area (Å²) in [7, 11) is 0. The summed E-state index contributed by atoms with van der Waals surface area (Å²) in [5.41, 5.74) is 0. The fourth-order valence-electron chi connectivity index (χ4n) is 2.55. The standard InChI is InChI=1S/C14H16ClN5/c1-11-9-19(14-12(15)3-2-5-17-14)7-8-20(11)13-4-6-16-10-18-13/h2-6,10-11H,7-9H2,1H3. The van der Waals surface area contributed by atoms with Crippen LogP contribution in [-0.2, 0) is 0 Å². The van der Waals surface area contributed by atoms with Crippen LogP contribution in [0, 0.1) is 0 Å². The maximum absolute atomic E-state index is 6.22. The maximum atomic E-state index is 6.22. The highest BCUT2D eigenvalue weighted by Crippen LogP contribution is 2.26. The van der Waals surface area contributed by atoms with Gasteiger partial charge in [-0.05, 0) is 25.1 Å². The van der Waals surface area contributed by atoms with Gasteiger partial charge in [0.2, 0.25) is 0 Å². The molecule has 3 rings (SSSR count). The number of hydrogen-bond donors (Lipinski definition) is 0. The molecule has 104 valence electrons. The van der Waals surface area contributed by atoms with Crippen molar-refractivity contribution in [2.24, 2.45) is 0 Å². The zero-order valence-corrected chi connectivity index (χ0v) is 12.0. The minimum atomic E-state index is 0.344.